The van der Waals surface area contributed by atoms with Crippen molar-refractivity contribution in [3.8, 4) is 0 Å². The van der Waals surface area contributed by atoms with Crippen LogP contribution in [-0.4, -0.2) is 37.9 Å². The summed E-state index contributed by atoms with van der Waals surface area (Å²) >= 11 is 0. The van der Waals surface area contributed by atoms with E-state index in [4.69, 9.17) is 0 Å². The highest BCUT2D eigenvalue weighted by atomic mass is 32.2. The monoisotopic (exact) mass is 348 g/mol. The fraction of sp³-hybridized carbons (Fsp3) is 0.235. The highest BCUT2D eigenvalue weighted by Crippen LogP contribution is 2.28. The van der Waals surface area contributed by atoms with Crippen LogP contribution < -0.4 is 4.90 Å². The van der Waals surface area contributed by atoms with Crippen molar-refractivity contribution < 1.29 is 17.9 Å². The second-order valence-electron chi connectivity index (χ2n) is 6.01. The second-order valence-corrected chi connectivity index (χ2v) is 8.03. The Labute approximate surface area is 140 Å². The molecule has 0 saturated carbocycles. The number of nitrogens with zero attached hydrogens (tertiary/aromatic N) is 2. The summed E-state index contributed by atoms with van der Waals surface area (Å²) in [4.78, 5) is 6.30. The van der Waals surface area contributed by atoms with Crippen LogP contribution in [0.3, 0.4) is 0 Å². The lowest BCUT2D eigenvalue weighted by Crippen LogP contribution is -2.34. The molecule has 2 aromatic rings. The van der Waals surface area contributed by atoms with Gasteiger partial charge in [0.2, 0.25) is 0 Å². The molecule has 1 aliphatic rings. The molecule has 1 unspecified atom stereocenters. The fourth-order valence-corrected chi connectivity index (χ4v) is 3.23. The average Bonchev–Trinajstić information content (AvgIpc) is 2.83. The zero-order valence-electron chi connectivity index (χ0n) is 13.3. The number of sulfone groups is 1. The molecule has 1 aliphatic heterocycles. The first-order valence-electron chi connectivity index (χ1n) is 7.32. The van der Waals surface area contributed by atoms with E-state index in [2.05, 4.69) is 4.99 Å². The minimum Gasteiger partial charge on any atom is -0.368 e. The molecule has 0 spiro atoms. The quantitative estimate of drug-likeness (QED) is 0.923. The molecule has 2 aromatic carbocycles. The highest BCUT2D eigenvalue weighted by Gasteiger charge is 2.34. The third-order valence-electron chi connectivity index (χ3n) is 3.74. The van der Waals surface area contributed by atoms with Gasteiger partial charge in [0, 0.05) is 17.5 Å². The van der Waals surface area contributed by atoms with Crippen molar-refractivity contribution in [2.75, 3.05) is 17.7 Å². The third kappa shape index (κ3) is 3.32. The van der Waals surface area contributed by atoms with Gasteiger partial charge in [-0.15, -0.1) is 0 Å². The lowest BCUT2D eigenvalue weighted by molar-refractivity contribution is 0.0879. The number of aliphatic imine (C=N–C) groups is 1. The van der Waals surface area contributed by atoms with Gasteiger partial charge >= 0.3 is 0 Å². The molecule has 5 nitrogen and oxygen atoms in total. The number of hydrogen-bond acceptors (Lipinski definition) is 5. The molecule has 1 atom stereocenters. The van der Waals surface area contributed by atoms with E-state index in [1.165, 1.54) is 24.3 Å². The number of aliphatic hydroxyl groups is 1. The van der Waals surface area contributed by atoms with Crippen molar-refractivity contribution in [3.05, 3.63) is 59.9 Å². The SMILES string of the molecule is CC1(O)CN(c2ccc(F)cc2)C(c2ccc(S(C)(=O)=O)cc2)=N1. The van der Waals surface area contributed by atoms with Crippen molar-refractivity contribution in [3.63, 3.8) is 0 Å². The van der Waals surface area contributed by atoms with Crippen molar-refractivity contribution in [1.82, 2.24) is 0 Å². The maximum Gasteiger partial charge on any atom is 0.175 e. The summed E-state index contributed by atoms with van der Waals surface area (Å²) in [5.41, 5.74) is 0.0868. The Balaban J connectivity index is 2.01. The summed E-state index contributed by atoms with van der Waals surface area (Å²) in [7, 11) is -3.28. The Morgan fingerprint density at radius 2 is 1.71 bits per heavy atom. The molecule has 3 rings (SSSR count). The van der Waals surface area contributed by atoms with Crippen molar-refractivity contribution >= 4 is 21.4 Å². The number of amidine groups is 1. The second kappa shape index (κ2) is 5.68. The fourth-order valence-electron chi connectivity index (χ4n) is 2.60. The van der Waals surface area contributed by atoms with Crippen molar-refractivity contribution in [2.45, 2.75) is 17.5 Å². The molecular weight excluding hydrogens is 331 g/mol. The Kier molecular flexibility index (Phi) is 3.93. The van der Waals surface area contributed by atoms with Gasteiger partial charge in [-0.3, -0.25) is 0 Å². The number of anilines is 1. The minimum atomic E-state index is -3.28. The molecule has 0 radical (unpaired) electrons. The Morgan fingerprint density at radius 1 is 1.12 bits per heavy atom. The minimum absolute atomic E-state index is 0.213. The molecule has 0 aromatic heterocycles. The predicted octanol–water partition coefficient (Wildman–Crippen LogP) is 2.20. The third-order valence-corrected chi connectivity index (χ3v) is 4.87. The lowest BCUT2D eigenvalue weighted by Gasteiger charge is -2.22. The topological polar surface area (TPSA) is 70.0 Å². The van der Waals surface area contributed by atoms with Gasteiger partial charge in [-0.2, -0.15) is 0 Å². The maximum absolute atomic E-state index is 13.1. The standard InChI is InChI=1S/C17H17FN2O3S/c1-17(21)11-20(14-7-5-13(18)6-8-14)16(19-17)12-3-9-15(10-4-12)24(2,22)23/h3-10,21H,11H2,1-2H3. The van der Waals surface area contributed by atoms with E-state index in [0.717, 1.165) is 6.26 Å². The summed E-state index contributed by atoms with van der Waals surface area (Å²) in [5.74, 6) is 0.160. The molecule has 7 heteroatoms. The van der Waals surface area contributed by atoms with E-state index in [1.54, 1.807) is 36.1 Å². The summed E-state index contributed by atoms with van der Waals surface area (Å²) in [5, 5.41) is 10.3. The van der Waals surface area contributed by atoms with Gasteiger partial charge in [0.15, 0.2) is 15.6 Å². The van der Waals surface area contributed by atoms with Crippen LogP contribution in [0.15, 0.2) is 58.4 Å². The summed E-state index contributed by atoms with van der Waals surface area (Å²) in [6, 6.07) is 12.2. The van der Waals surface area contributed by atoms with Crippen LogP contribution in [0.2, 0.25) is 0 Å². The lowest BCUT2D eigenvalue weighted by atomic mass is 10.1. The molecule has 0 fully saturated rings. The number of benzene rings is 2. The molecular formula is C17H17FN2O3S. The first-order chi connectivity index (χ1) is 11.2. The van der Waals surface area contributed by atoms with Crippen molar-refractivity contribution in [2.24, 2.45) is 4.99 Å². The largest absolute Gasteiger partial charge is 0.368 e. The molecule has 126 valence electrons. The predicted molar refractivity (Wildman–Crippen MR) is 90.5 cm³/mol. The van der Waals surface area contributed by atoms with Gasteiger partial charge in [-0.1, -0.05) is 0 Å². The van der Waals surface area contributed by atoms with E-state index < -0.39 is 15.6 Å². The van der Waals surface area contributed by atoms with Crippen LogP contribution in [0.25, 0.3) is 0 Å². The zero-order valence-corrected chi connectivity index (χ0v) is 14.1. The van der Waals surface area contributed by atoms with E-state index in [1.807, 2.05) is 0 Å². The number of rotatable bonds is 3. The molecule has 0 aliphatic carbocycles. The number of β-amino-alcohol motifs (C(OH)–C–C–N with tert-alkyl or cyclic N) is 1. The Hall–Kier alpha value is -2.25. The van der Waals surface area contributed by atoms with E-state index in [-0.39, 0.29) is 17.3 Å². The Bertz CT molecular complexity index is 888. The normalized spacial score (nSPS) is 21.0. The molecule has 1 heterocycles. The van der Waals surface area contributed by atoms with Crippen LogP contribution in [0.5, 0.6) is 0 Å². The molecule has 0 saturated heterocycles. The van der Waals surface area contributed by atoms with Crippen LogP contribution in [-0.2, 0) is 9.84 Å². The Morgan fingerprint density at radius 3 is 2.25 bits per heavy atom. The van der Waals surface area contributed by atoms with Gasteiger partial charge < -0.3 is 10.0 Å². The van der Waals surface area contributed by atoms with Gasteiger partial charge in [-0.05, 0) is 55.5 Å². The average molecular weight is 348 g/mol. The summed E-state index contributed by atoms with van der Waals surface area (Å²) < 4.78 is 36.3. The first-order valence-corrected chi connectivity index (χ1v) is 9.21. The van der Waals surface area contributed by atoms with E-state index in [9.17, 15) is 17.9 Å². The van der Waals surface area contributed by atoms with Gasteiger partial charge in [0.05, 0.1) is 11.4 Å². The van der Waals surface area contributed by atoms with Crippen LogP contribution in [0.4, 0.5) is 10.1 Å². The summed E-state index contributed by atoms with van der Waals surface area (Å²) in [6.45, 7) is 1.81. The van der Waals surface area contributed by atoms with Crippen LogP contribution in [0.1, 0.15) is 12.5 Å². The smallest absolute Gasteiger partial charge is 0.175 e. The number of hydrogen-bond donors (Lipinski definition) is 1. The highest BCUT2D eigenvalue weighted by molar-refractivity contribution is 7.90. The molecule has 1 N–H and O–H groups in total. The summed E-state index contributed by atoms with van der Waals surface area (Å²) in [6.07, 6.45) is 1.14. The van der Waals surface area contributed by atoms with Gasteiger partial charge in [0.25, 0.3) is 0 Å². The molecule has 24 heavy (non-hydrogen) atoms. The van der Waals surface area contributed by atoms with E-state index in [0.29, 0.717) is 17.1 Å². The van der Waals surface area contributed by atoms with Crippen LogP contribution in [0, 0.1) is 5.82 Å². The number of halogens is 1. The molecule has 0 bridgehead atoms. The zero-order chi connectivity index (χ0) is 17.5. The van der Waals surface area contributed by atoms with Gasteiger partial charge in [0.1, 0.15) is 11.7 Å². The first kappa shape index (κ1) is 16.6. The van der Waals surface area contributed by atoms with Crippen LogP contribution >= 0.6 is 0 Å². The molecule has 0 amide bonds. The van der Waals surface area contributed by atoms with Crippen molar-refractivity contribution in [1.29, 1.82) is 0 Å². The maximum atomic E-state index is 13.1. The van der Waals surface area contributed by atoms with Gasteiger partial charge in [-0.25, -0.2) is 17.8 Å². The van der Waals surface area contributed by atoms with E-state index >= 15 is 0 Å².